The van der Waals surface area contributed by atoms with E-state index in [-0.39, 0.29) is 11.9 Å². The van der Waals surface area contributed by atoms with Crippen LogP contribution in [0.2, 0.25) is 0 Å². The molecule has 2 heterocycles. The number of rotatable bonds is 5. The van der Waals surface area contributed by atoms with Crippen molar-refractivity contribution in [3.05, 3.63) is 53.5 Å². The van der Waals surface area contributed by atoms with Crippen molar-refractivity contribution in [1.29, 1.82) is 0 Å². The van der Waals surface area contributed by atoms with E-state index in [1.165, 1.54) is 22.9 Å². The Kier molecular flexibility index (Phi) is 5.03. The number of hydrogen-bond acceptors (Lipinski definition) is 5. The molecule has 2 aromatic heterocycles. The molecule has 1 N–H and O–H groups in total. The van der Waals surface area contributed by atoms with E-state index in [0.717, 1.165) is 36.4 Å². The van der Waals surface area contributed by atoms with E-state index in [0.29, 0.717) is 10.9 Å². The topological polar surface area (TPSA) is 72.9 Å². The minimum atomic E-state index is 0.0192. The fourth-order valence-corrected chi connectivity index (χ4v) is 4.28. The molecular weight excluding hydrogens is 360 g/mol. The van der Waals surface area contributed by atoms with Gasteiger partial charge in [-0.25, -0.2) is 0 Å². The SMILES string of the molecule is Cc1occc1-c1nnc(SCC(=O)N[C@H]2CCCc3ccccc32)n1C. The number of hydrogen-bond donors (Lipinski definition) is 1. The molecule has 0 bridgehead atoms. The standard InChI is InChI=1S/C20H22N4O2S/c1-13-15(10-11-26-13)19-22-23-20(24(19)2)27-12-18(25)21-17-9-5-7-14-6-3-4-8-16(14)17/h3-4,6,8,10-11,17H,5,7,9,12H2,1-2H3,(H,21,25)/t17-/m0/s1. The number of benzene rings is 1. The lowest BCUT2D eigenvalue weighted by molar-refractivity contribution is -0.119. The van der Waals surface area contributed by atoms with E-state index in [1.54, 1.807) is 6.26 Å². The summed E-state index contributed by atoms with van der Waals surface area (Å²) >= 11 is 1.40. The highest BCUT2D eigenvalue weighted by atomic mass is 32.2. The molecule has 27 heavy (non-hydrogen) atoms. The minimum absolute atomic E-state index is 0.0192. The van der Waals surface area contributed by atoms with Gasteiger partial charge in [-0.15, -0.1) is 10.2 Å². The second kappa shape index (κ2) is 7.60. The van der Waals surface area contributed by atoms with Gasteiger partial charge < -0.3 is 14.3 Å². The predicted octanol–water partition coefficient (Wildman–Crippen LogP) is 3.67. The van der Waals surface area contributed by atoms with Gasteiger partial charge in [0.05, 0.1) is 23.6 Å². The first kappa shape index (κ1) is 17.9. The molecule has 1 amide bonds. The number of carbonyl (C=O) groups is 1. The van der Waals surface area contributed by atoms with Gasteiger partial charge >= 0.3 is 0 Å². The quantitative estimate of drug-likeness (QED) is 0.682. The van der Waals surface area contributed by atoms with Crippen LogP contribution in [0.4, 0.5) is 0 Å². The van der Waals surface area contributed by atoms with Crippen LogP contribution >= 0.6 is 11.8 Å². The lowest BCUT2D eigenvalue weighted by Crippen LogP contribution is -2.32. The van der Waals surface area contributed by atoms with Crippen molar-refractivity contribution in [3.63, 3.8) is 0 Å². The first-order valence-corrected chi connectivity index (χ1v) is 10.1. The van der Waals surface area contributed by atoms with Crippen molar-refractivity contribution in [3.8, 4) is 11.4 Å². The van der Waals surface area contributed by atoms with Crippen molar-refractivity contribution in [1.82, 2.24) is 20.1 Å². The number of fused-ring (bicyclic) bond motifs is 1. The van der Waals surface area contributed by atoms with Gasteiger partial charge in [-0.2, -0.15) is 0 Å². The Morgan fingerprint density at radius 3 is 3.00 bits per heavy atom. The van der Waals surface area contributed by atoms with Crippen LogP contribution in [0.25, 0.3) is 11.4 Å². The molecule has 1 aromatic carbocycles. The van der Waals surface area contributed by atoms with Gasteiger partial charge in [-0.1, -0.05) is 36.0 Å². The fourth-order valence-electron chi connectivity index (χ4n) is 3.56. The van der Waals surface area contributed by atoms with Gasteiger partial charge in [0.1, 0.15) is 5.76 Å². The summed E-state index contributed by atoms with van der Waals surface area (Å²) in [4.78, 5) is 12.5. The third-order valence-electron chi connectivity index (χ3n) is 4.97. The van der Waals surface area contributed by atoms with Crippen LogP contribution in [0.1, 0.15) is 35.8 Å². The Morgan fingerprint density at radius 1 is 1.33 bits per heavy atom. The first-order valence-electron chi connectivity index (χ1n) is 9.07. The highest BCUT2D eigenvalue weighted by Crippen LogP contribution is 2.30. The molecule has 140 valence electrons. The maximum Gasteiger partial charge on any atom is 0.230 e. The number of aromatic nitrogens is 3. The molecule has 0 radical (unpaired) electrons. The first-order chi connectivity index (χ1) is 13.1. The van der Waals surface area contributed by atoms with Crippen molar-refractivity contribution in [2.75, 3.05) is 5.75 Å². The molecule has 1 aliphatic carbocycles. The van der Waals surface area contributed by atoms with E-state index in [4.69, 9.17) is 4.42 Å². The number of carbonyl (C=O) groups excluding carboxylic acids is 1. The number of nitrogens with zero attached hydrogens (tertiary/aromatic N) is 3. The highest BCUT2D eigenvalue weighted by molar-refractivity contribution is 7.99. The summed E-state index contributed by atoms with van der Waals surface area (Å²) in [5.74, 6) is 1.88. The predicted molar refractivity (Wildman–Crippen MR) is 104 cm³/mol. The molecule has 0 unspecified atom stereocenters. The van der Waals surface area contributed by atoms with E-state index in [9.17, 15) is 4.79 Å². The van der Waals surface area contributed by atoms with Gasteiger partial charge in [0.25, 0.3) is 0 Å². The summed E-state index contributed by atoms with van der Waals surface area (Å²) in [6.45, 7) is 1.90. The van der Waals surface area contributed by atoms with Crippen LogP contribution in [0.3, 0.4) is 0 Å². The van der Waals surface area contributed by atoms with E-state index >= 15 is 0 Å². The van der Waals surface area contributed by atoms with Crippen LogP contribution < -0.4 is 5.32 Å². The van der Waals surface area contributed by atoms with Gasteiger partial charge in [0, 0.05) is 7.05 Å². The molecule has 0 saturated heterocycles. The summed E-state index contributed by atoms with van der Waals surface area (Å²) in [5, 5.41) is 12.4. The van der Waals surface area contributed by atoms with Crippen LogP contribution in [-0.2, 0) is 18.3 Å². The van der Waals surface area contributed by atoms with Crippen molar-refractivity contribution in [2.45, 2.75) is 37.4 Å². The number of amides is 1. The summed E-state index contributed by atoms with van der Waals surface area (Å²) in [6, 6.07) is 10.4. The normalized spacial score (nSPS) is 16.1. The average molecular weight is 382 g/mol. The molecule has 0 aliphatic heterocycles. The lowest BCUT2D eigenvalue weighted by Gasteiger charge is -2.26. The number of furan rings is 1. The van der Waals surface area contributed by atoms with Crippen LogP contribution in [0.15, 0.2) is 46.2 Å². The third-order valence-corrected chi connectivity index (χ3v) is 5.99. The van der Waals surface area contributed by atoms with Crippen LogP contribution in [0, 0.1) is 6.92 Å². The van der Waals surface area contributed by atoms with Gasteiger partial charge in [-0.3, -0.25) is 4.79 Å². The number of nitrogens with one attached hydrogen (secondary N) is 1. The lowest BCUT2D eigenvalue weighted by atomic mass is 9.88. The zero-order valence-electron chi connectivity index (χ0n) is 15.4. The van der Waals surface area contributed by atoms with E-state index in [1.807, 2.05) is 30.7 Å². The molecule has 7 heteroatoms. The molecule has 1 aliphatic rings. The molecular formula is C20H22N4O2S. The zero-order valence-corrected chi connectivity index (χ0v) is 16.3. The third kappa shape index (κ3) is 3.64. The van der Waals surface area contributed by atoms with Crippen molar-refractivity contribution in [2.24, 2.45) is 7.05 Å². The number of thioether (sulfide) groups is 1. The molecule has 0 spiro atoms. The fraction of sp³-hybridized carbons (Fsp3) is 0.350. The molecule has 0 saturated carbocycles. The van der Waals surface area contributed by atoms with E-state index < -0.39 is 0 Å². The molecule has 4 rings (SSSR count). The smallest absolute Gasteiger partial charge is 0.230 e. The zero-order chi connectivity index (χ0) is 18.8. The van der Waals surface area contributed by atoms with Gasteiger partial charge in [0.15, 0.2) is 11.0 Å². The summed E-state index contributed by atoms with van der Waals surface area (Å²) < 4.78 is 7.24. The minimum Gasteiger partial charge on any atom is -0.469 e. The summed E-state index contributed by atoms with van der Waals surface area (Å²) in [6.07, 6.45) is 4.82. The maximum atomic E-state index is 12.5. The largest absolute Gasteiger partial charge is 0.469 e. The molecule has 6 nitrogen and oxygen atoms in total. The van der Waals surface area contributed by atoms with Crippen LogP contribution in [0.5, 0.6) is 0 Å². The van der Waals surface area contributed by atoms with Crippen molar-refractivity contribution >= 4 is 17.7 Å². The molecule has 1 atom stereocenters. The number of aryl methyl sites for hydroxylation is 2. The van der Waals surface area contributed by atoms with Gasteiger partial charge in [0.2, 0.25) is 5.91 Å². The monoisotopic (exact) mass is 382 g/mol. The Morgan fingerprint density at radius 2 is 2.19 bits per heavy atom. The summed E-state index contributed by atoms with van der Waals surface area (Å²) in [7, 11) is 1.90. The van der Waals surface area contributed by atoms with Crippen LogP contribution in [-0.4, -0.2) is 26.4 Å². The van der Waals surface area contributed by atoms with E-state index in [2.05, 4.69) is 33.7 Å². The maximum absolute atomic E-state index is 12.5. The summed E-state index contributed by atoms with van der Waals surface area (Å²) in [5.41, 5.74) is 3.51. The average Bonchev–Trinajstić information content (AvgIpc) is 3.25. The Balaban J connectivity index is 1.40. The molecule has 0 fully saturated rings. The van der Waals surface area contributed by atoms with Gasteiger partial charge in [-0.05, 0) is 43.4 Å². The van der Waals surface area contributed by atoms with Crippen molar-refractivity contribution < 1.29 is 9.21 Å². The highest BCUT2D eigenvalue weighted by Gasteiger charge is 2.22. The second-order valence-corrected chi connectivity index (χ2v) is 7.70. The Hall–Kier alpha value is -2.54. The second-order valence-electron chi connectivity index (χ2n) is 6.76. The Labute approximate surface area is 162 Å². The Bertz CT molecular complexity index is 963. The molecule has 3 aromatic rings.